The maximum atomic E-state index is 11.2. The van der Waals surface area contributed by atoms with E-state index in [4.69, 9.17) is 15.2 Å². The van der Waals surface area contributed by atoms with Crippen LogP contribution in [0.2, 0.25) is 0 Å². The molecule has 0 spiro atoms. The van der Waals surface area contributed by atoms with Crippen LogP contribution < -0.4 is 11.1 Å². The number of rotatable bonds is 4. The molecule has 6 nitrogen and oxygen atoms in total. The van der Waals surface area contributed by atoms with Gasteiger partial charge in [0.05, 0.1) is 6.42 Å². The molecule has 0 radical (unpaired) electrons. The zero-order valence-corrected chi connectivity index (χ0v) is 9.49. The monoisotopic (exact) mass is 218 g/mol. The first kappa shape index (κ1) is 13.7. The van der Waals surface area contributed by atoms with Gasteiger partial charge in [-0.05, 0) is 20.8 Å². The number of methoxy groups -OCH3 is 1. The molecule has 0 aliphatic rings. The first-order valence-electron chi connectivity index (χ1n) is 4.55. The molecular weight excluding hydrogens is 200 g/mol. The fourth-order valence-corrected chi connectivity index (χ4v) is 0.815. The lowest BCUT2D eigenvalue weighted by atomic mass is 10.2. The number of primary amides is 1. The predicted octanol–water partition coefficient (Wildman–Crippen LogP) is 0.359. The van der Waals surface area contributed by atoms with E-state index in [-0.39, 0.29) is 6.42 Å². The maximum absolute atomic E-state index is 11.2. The first-order chi connectivity index (χ1) is 6.74. The van der Waals surface area contributed by atoms with Crippen molar-refractivity contribution in [1.29, 1.82) is 0 Å². The summed E-state index contributed by atoms with van der Waals surface area (Å²) in [4.78, 5) is 21.8. The topological polar surface area (TPSA) is 90.6 Å². The third-order valence-electron chi connectivity index (χ3n) is 1.35. The van der Waals surface area contributed by atoms with Gasteiger partial charge in [0, 0.05) is 7.11 Å². The molecule has 1 unspecified atom stereocenters. The Morgan fingerprint density at radius 1 is 1.40 bits per heavy atom. The van der Waals surface area contributed by atoms with Crippen molar-refractivity contribution in [2.24, 2.45) is 5.73 Å². The van der Waals surface area contributed by atoms with E-state index in [0.717, 1.165) is 0 Å². The zero-order chi connectivity index (χ0) is 12.1. The van der Waals surface area contributed by atoms with E-state index in [1.54, 1.807) is 20.8 Å². The predicted molar refractivity (Wildman–Crippen MR) is 54.0 cm³/mol. The van der Waals surface area contributed by atoms with Gasteiger partial charge < -0.3 is 15.2 Å². The molecule has 15 heavy (non-hydrogen) atoms. The van der Waals surface area contributed by atoms with E-state index < -0.39 is 23.8 Å². The number of nitrogens with one attached hydrogen (secondary N) is 1. The number of amides is 2. The minimum atomic E-state index is -0.752. The van der Waals surface area contributed by atoms with Gasteiger partial charge >= 0.3 is 6.09 Å². The second-order valence-electron chi connectivity index (χ2n) is 4.04. The molecule has 0 aromatic carbocycles. The highest BCUT2D eigenvalue weighted by molar-refractivity contribution is 5.75. The number of hydrogen-bond donors (Lipinski definition) is 2. The SMILES string of the molecule is COC(CC(N)=O)NC(=O)OC(C)(C)C. The Labute approximate surface area is 89.1 Å². The second kappa shape index (κ2) is 5.55. The van der Waals surface area contributed by atoms with Crippen LogP contribution >= 0.6 is 0 Å². The van der Waals surface area contributed by atoms with Gasteiger partial charge in [0.15, 0.2) is 0 Å². The Morgan fingerprint density at radius 2 is 1.93 bits per heavy atom. The van der Waals surface area contributed by atoms with Gasteiger partial charge in [0.25, 0.3) is 0 Å². The number of hydrogen-bond acceptors (Lipinski definition) is 4. The summed E-state index contributed by atoms with van der Waals surface area (Å²) >= 11 is 0. The molecule has 0 aromatic heterocycles. The van der Waals surface area contributed by atoms with Crippen LogP contribution in [0, 0.1) is 0 Å². The third kappa shape index (κ3) is 7.75. The van der Waals surface area contributed by atoms with Gasteiger partial charge in [-0.3, -0.25) is 10.1 Å². The zero-order valence-electron chi connectivity index (χ0n) is 9.49. The summed E-state index contributed by atoms with van der Waals surface area (Å²) in [5, 5.41) is 2.37. The molecule has 2 amide bonds. The van der Waals surface area contributed by atoms with E-state index >= 15 is 0 Å². The van der Waals surface area contributed by atoms with Crippen LogP contribution in [-0.2, 0) is 14.3 Å². The Bertz CT molecular complexity index is 235. The van der Waals surface area contributed by atoms with Gasteiger partial charge in [-0.2, -0.15) is 0 Å². The van der Waals surface area contributed by atoms with Crippen molar-refractivity contribution in [3.63, 3.8) is 0 Å². The smallest absolute Gasteiger partial charge is 0.409 e. The molecule has 0 rings (SSSR count). The molecule has 0 aliphatic carbocycles. The minimum absolute atomic E-state index is 0.0876. The molecular formula is C9H18N2O4. The van der Waals surface area contributed by atoms with Crippen LogP contribution in [0.5, 0.6) is 0 Å². The van der Waals surface area contributed by atoms with Crippen molar-refractivity contribution in [2.45, 2.75) is 39.0 Å². The lowest BCUT2D eigenvalue weighted by molar-refractivity contribution is -0.120. The molecule has 0 saturated carbocycles. The molecule has 6 heteroatoms. The van der Waals surface area contributed by atoms with Crippen LogP contribution in [-0.4, -0.2) is 30.9 Å². The van der Waals surface area contributed by atoms with Gasteiger partial charge in [-0.25, -0.2) is 4.79 Å². The lowest BCUT2D eigenvalue weighted by Gasteiger charge is -2.22. The number of carbonyl (C=O) groups excluding carboxylic acids is 2. The number of alkyl carbamates (subject to hydrolysis) is 1. The van der Waals surface area contributed by atoms with E-state index in [1.807, 2.05) is 0 Å². The van der Waals surface area contributed by atoms with Crippen LogP contribution in [0.3, 0.4) is 0 Å². The van der Waals surface area contributed by atoms with Crippen molar-refractivity contribution < 1.29 is 19.1 Å². The van der Waals surface area contributed by atoms with Gasteiger partial charge in [0.1, 0.15) is 11.8 Å². The molecule has 0 fully saturated rings. The Morgan fingerprint density at radius 3 is 2.27 bits per heavy atom. The molecule has 0 aromatic rings. The molecule has 0 heterocycles. The fraction of sp³-hybridized carbons (Fsp3) is 0.778. The van der Waals surface area contributed by atoms with E-state index in [9.17, 15) is 9.59 Å². The number of nitrogens with two attached hydrogens (primary N) is 1. The normalized spacial score (nSPS) is 13.1. The Hall–Kier alpha value is -1.30. The highest BCUT2D eigenvalue weighted by Crippen LogP contribution is 2.07. The molecule has 1 atom stereocenters. The average molecular weight is 218 g/mol. The standard InChI is InChI=1S/C9H18N2O4/c1-9(2,3)15-8(13)11-7(14-4)5-6(10)12/h7H,5H2,1-4H3,(H2,10,12)(H,11,13). The van der Waals surface area contributed by atoms with Gasteiger partial charge in [0.2, 0.25) is 5.91 Å². The van der Waals surface area contributed by atoms with Crippen molar-refractivity contribution in [3.8, 4) is 0 Å². The van der Waals surface area contributed by atoms with Crippen LogP contribution in [0.25, 0.3) is 0 Å². The van der Waals surface area contributed by atoms with Crippen LogP contribution in [0.1, 0.15) is 27.2 Å². The summed E-state index contributed by atoms with van der Waals surface area (Å²) in [7, 11) is 1.37. The maximum Gasteiger partial charge on any atom is 0.409 e. The van der Waals surface area contributed by atoms with Gasteiger partial charge in [-0.15, -0.1) is 0 Å². The number of carbonyl (C=O) groups is 2. The van der Waals surface area contributed by atoms with Crippen molar-refractivity contribution in [1.82, 2.24) is 5.32 Å². The third-order valence-corrected chi connectivity index (χ3v) is 1.35. The molecule has 0 saturated heterocycles. The Kier molecular flexibility index (Phi) is 5.07. The van der Waals surface area contributed by atoms with E-state index in [0.29, 0.717) is 0 Å². The average Bonchev–Trinajstić information content (AvgIpc) is 1.98. The molecule has 0 aliphatic heterocycles. The largest absolute Gasteiger partial charge is 0.444 e. The van der Waals surface area contributed by atoms with Crippen LogP contribution in [0.4, 0.5) is 4.79 Å². The Balaban J connectivity index is 4.07. The van der Waals surface area contributed by atoms with Crippen molar-refractivity contribution in [2.75, 3.05) is 7.11 Å². The summed E-state index contributed by atoms with van der Waals surface area (Å²) in [6.45, 7) is 5.22. The molecule has 88 valence electrons. The summed E-state index contributed by atoms with van der Waals surface area (Å²) in [6, 6.07) is 0. The second-order valence-corrected chi connectivity index (χ2v) is 4.04. The first-order valence-corrected chi connectivity index (χ1v) is 4.55. The van der Waals surface area contributed by atoms with E-state index in [1.165, 1.54) is 7.11 Å². The highest BCUT2D eigenvalue weighted by Gasteiger charge is 2.20. The summed E-state index contributed by atoms with van der Waals surface area (Å²) in [5.41, 5.74) is 4.37. The summed E-state index contributed by atoms with van der Waals surface area (Å²) in [5.74, 6) is -0.557. The van der Waals surface area contributed by atoms with Crippen molar-refractivity contribution in [3.05, 3.63) is 0 Å². The molecule has 0 bridgehead atoms. The molecule has 3 N–H and O–H groups in total. The van der Waals surface area contributed by atoms with E-state index in [2.05, 4.69) is 5.32 Å². The lowest BCUT2D eigenvalue weighted by Crippen LogP contribution is -2.42. The van der Waals surface area contributed by atoms with Crippen molar-refractivity contribution >= 4 is 12.0 Å². The highest BCUT2D eigenvalue weighted by atomic mass is 16.6. The minimum Gasteiger partial charge on any atom is -0.444 e. The summed E-state index contributed by atoms with van der Waals surface area (Å²) < 4.78 is 9.80. The number of ether oxygens (including phenoxy) is 2. The summed E-state index contributed by atoms with van der Waals surface area (Å²) in [6.07, 6.45) is -1.48. The quantitative estimate of drug-likeness (QED) is 0.666. The van der Waals surface area contributed by atoms with Gasteiger partial charge in [-0.1, -0.05) is 0 Å². The fourth-order valence-electron chi connectivity index (χ4n) is 0.815. The van der Waals surface area contributed by atoms with Crippen LogP contribution in [0.15, 0.2) is 0 Å².